The van der Waals surface area contributed by atoms with E-state index in [2.05, 4.69) is 11.4 Å². The zero-order valence-electron chi connectivity index (χ0n) is 10.4. The molecule has 1 spiro atoms. The summed E-state index contributed by atoms with van der Waals surface area (Å²) < 4.78 is 0. The van der Waals surface area contributed by atoms with Crippen molar-refractivity contribution in [2.45, 2.75) is 37.5 Å². The van der Waals surface area contributed by atoms with Crippen LogP contribution in [0.4, 0.5) is 0 Å². The molecule has 0 bridgehead atoms. The summed E-state index contributed by atoms with van der Waals surface area (Å²) in [7, 11) is 0. The van der Waals surface area contributed by atoms with Crippen LogP contribution < -0.4 is 5.32 Å². The van der Waals surface area contributed by atoms with Crippen molar-refractivity contribution in [3.63, 3.8) is 0 Å². The van der Waals surface area contributed by atoms with Crippen molar-refractivity contribution >= 4 is 11.7 Å². The molecule has 18 heavy (non-hydrogen) atoms. The average molecular weight is 243 g/mol. The van der Waals surface area contributed by atoms with E-state index in [0.717, 1.165) is 30.4 Å². The molecule has 1 aliphatic heterocycles. The third kappa shape index (κ3) is 1.74. The van der Waals surface area contributed by atoms with Gasteiger partial charge >= 0.3 is 0 Å². The fourth-order valence-electron chi connectivity index (χ4n) is 3.32. The van der Waals surface area contributed by atoms with Crippen LogP contribution in [0.25, 0.3) is 0 Å². The number of carbonyl (C=O) groups is 2. The highest BCUT2D eigenvalue weighted by atomic mass is 16.1. The maximum absolute atomic E-state index is 12.0. The fourth-order valence-corrected chi connectivity index (χ4v) is 3.32. The quantitative estimate of drug-likeness (QED) is 0.759. The summed E-state index contributed by atoms with van der Waals surface area (Å²) >= 11 is 0. The first-order valence-corrected chi connectivity index (χ1v) is 6.61. The number of carbonyl (C=O) groups excluding carboxylic acids is 2. The standard InChI is InChI=1S/C15H17NO2/c17-11-5-7-15(8-6-11)9-10-16-14(18)12-3-1-2-4-13(12)15/h1-4H,5-10H2,(H,16,18). The third-order valence-electron chi connectivity index (χ3n) is 4.40. The van der Waals surface area contributed by atoms with Crippen LogP contribution in [0.5, 0.6) is 0 Å². The number of rotatable bonds is 0. The second-order valence-electron chi connectivity index (χ2n) is 5.37. The molecule has 94 valence electrons. The molecule has 1 fully saturated rings. The first-order valence-electron chi connectivity index (χ1n) is 6.61. The van der Waals surface area contributed by atoms with E-state index in [1.807, 2.05) is 18.2 Å². The first kappa shape index (κ1) is 11.5. The van der Waals surface area contributed by atoms with Crippen LogP contribution in [0.2, 0.25) is 0 Å². The molecule has 1 aromatic carbocycles. The van der Waals surface area contributed by atoms with Gasteiger partial charge in [0.15, 0.2) is 0 Å². The van der Waals surface area contributed by atoms with E-state index in [0.29, 0.717) is 25.2 Å². The number of hydrogen-bond donors (Lipinski definition) is 1. The number of amides is 1. The van der Waals surface area contributed by atoms with Gasteiger partial charge in [0.05, 0.1) is 0 Å². The molecule has 3 heteroatoms. The van der Waals surface area contributed by atoms with Crippen LogP contribution in [-0.4, -0.2) is 18.2 Å². The molecular formula is C15H17NO2. The minimum Gasteiger partial charge on any atom is -0.352 e. The second kappa shape index (κ2) is 4.23. The zero-order chi connectivity index (χ0) is 12.6. The van der Waals surface area contributed by atoms with Gasteiger partial charge in [0.25, 0.3) is 5.91 Å². The second-order valence-corrected chi connectivity index (χ2v) is 5.37. The Morgan fingerprint density at radius 1 is 1.00 bits per heavy atom. The lowest BCUT2D eigenvalue weighted by Crippen LogP contribution is -2.33. The van der Waals surface area contributed by atoms with Gasteiger partial charge in [-0.25, -0.2) is 0 Å². The van der Waals surface area contributed by atoms with Gasteiger partial charge in [-0.1, -0.05) is 18.2 Å². The van der Waals surface area contributed by atoms with Gasteiger partial charge in [-0.15, -0.1) is 0 Å². The number of Topliss-reactive ketones (excluding diaryl/α,β-unsaturated/α-hetero) is 1. The summed E-state index contributed by atoms with van der Waals surface area (Å²) in [6, 6.07) is 7.87. The molecule has 0 radical (unpaired) electrons. The van der Waals surface area contributed by atoms with E-state index < -0.39 is 0 Å². The number of nitrogens with one attached hydrogen (secondary N) is 1. The molecule has 0 unspecified atom stereocenters. The topological polar surface area (TPSA) is 46.2 Å². The summed E-state index contributed by atoms with van der Waals surface area (Å²) in [6.07, 6.45) is 4.03. The lowest BCUT2D eigenvalue weighted by atomic mass is 9.66. The van der Waals surface area contributed by atoms with Crippen LogP contribution in [0.1, 0.15) is 48.0 Å². The van der Waals surface area contributed by atoms with Gasteiger partial charge < -0.3 is 5.32 Å². The summed E-state index contributed by atoms with van der Waals surface area (Å²) in [6.45, 7) is 0.710. The Balaban J connectivity index is 2.07. The molecule has 1 N–H and O–H groups in total. The molecule has 1 amide bonds. The summed E-state index contributed by atoms with van der Waals surface area (Å²) in [5.41, 5.74) is 1.97. The Kier molecular flexibility index (Phi) is 2.69. The van der Waals surface area contributed by atoms with E-state index in [9.17, 15) is 9.59 Å². The third-order valence-corrected chi connectivity index (χ3v) is 4.40. The molecule has 1 aliphatic carbocycles. The van der Waals surface area contributed by atoms with E-state index in [4.69, 9.17) is 0 Å². The SMILES string of the molecule is O=C1CCC2(CCNC(=O)c3ccccc32)CC1. The minimum atomic E-state index is 0.0272. The van der Waals surface area contributed by atoms with Crippen LogP contribution in [0.3, 0.4) is 0 Å². The lowest BCUT2D eigenvalue weighted by molar-refractivity contribution is -0.121. The maximum atomic E-state index is 12.0. The summed E-state index contributed by atoms with van der Waals surface area (Å²) in [4.78, 5) is 23.5. The fraction of sp³-hybridized carbons (Fsp3) is 0.467. The Bertz CT molecular complexity index is 497. The predicted molar refractivity (Wildman–Crippen MR) is 68.5 cm³/mol. The normalized spacial score (nSPS) is 22.2. The number of benzene rings is 1. The molecule has 3 rings (SSSR count). The molecular weight excluding hydrogens is 226 g/mol. The van der Waals surface area contributed by atoms with Gasteiger partial charge in [0.2, 0.25) is 0 Å². The van der Waals surface area contributed by atoms with Crippen LogP contribution in [-0.2, 0) is 10.2 Å². The molecule has 1 heterocycles. The highest BCUT2D eigenvalue weighted by Gasteiger charge is 2.39. The number of hydrogen-bond acceptors (Lipinski definition) is 2. The predicted octanol–water partition coefficient (Wildman–Crippen LogP) is 2.20. The molecule has 0 atom stereocenters. The highest BCUT2D eigenvalue weighted by molar-refractivity contribution is 5.96. The van der Waals surface area contributed by atoms with Crippen molar-refractivity contribution in [1.29, 1.82) is 0 Å². The molecule has 0 saturated heterocycles. The van der Waals surface area contributed by atoms with Crippen molar-refractivity contribution in [1.82, 2.24) is 5.32 Å². The average Bonchev–Trinajstić information content (AvgIpc) is 2.53. The molecule has 0 aromatic heterocycles. The van der Waals surface area contributed by atoms with Gasteiger partial charge in [0, 0.05) is 24.9 Å². The van der Waals surface area contributed by atoms with Crippen LogP contribution in [0, 0.1) is 0 Å². The van der Waals surface area contributed by atoms with Gasteiger partial charge in [-0.2, -0.15) is 0 Å². The largest absolute Gasteiger partial charge is 0.352 e. The molecule has 2 aliphatic rings. The molecule has 1 saturated carbocycles. The number of ketones is 1. The van der Waals surface area contributed by atoms with Crippen molar-refractivity contribution < 1.29 is 9.59 Å². The Morgan fingerprint density at radius 2 is 1.72 bits per heavy atom. The maximum Gasteiger partial charge on any atom is 0.251 e. The Labute approximate surface area is 107 Å². The first-order chi connectivity index (χ1) is 8.71. The van der Waals surface area contributed by atoms with E-state index in [-0.39, 0.29) is 11.3 Å². The van der Waals surface area contributed by atoms with Crippen molar-refractivity contribution in [3.05, 3.63) is 35.4 Å². The van der Waals surface area contributed by atoms with Gasteiger partial charge in [0.1, 0.15) is 5.78 Å². The zero-order valence-corrected chi connectivity index (χ0v) is 10.4. The molecule has 3 nitrogen and oxygen atoms in total. The monoisotopic (exact) mass is 243 g/mol. The summed E-state index contributed by atoms with van der Waals surface area (Å²) in [5.74, 6) is 0.390. The van der Waals surface area contributed by atoms with Crippen molar-refractivity contribution in [2.24, 2.45) is 0 Å². The smallest absolute Gasteiger partial charge is 0.251 e. The van der Waals surface area contributed by atoms with Crippen molar-refractivity contribution in [2.75, 3.05) is 6.54 Å². The van der Waals surface area contributed by atoms with Gasteiger partial charge in [-0.3, -0.25) is 9.59 Å². The van der Waals surface area contributed by atoms with Gasteiger partial charge in [-0.05, 0) is 36.3 Å². The Morgan fingerprint density at radius 3 is 2.50 bits per heavy atom. The lowest BCUT2D eigenvalue weighted by Gasteiger charge is -2.37. The van der Waals surface area contributed by atoms with E-state index in [1.54, 1.807) is 0 Å². The summed E-state index contributed by atoms with van der Waals surface area (Å²) in [5, 5.41) is 2.96. The van der Waals surface area contributed by atoms with Crippen molar-refractivity contribution in [3.8, 4) is 0 Å². The van der Waals surface area contributed by atoms with Crippen LogP contribution >= 0.6 is 0 Å². The number of fused-ring (bicyclic) bond motifs is 2. The van der Waals surface area contributed by atoms with E-state index in [1.165, 1.54) is 0 Å². The van der Waals surface area contributed by atoms with Crippen LogP contribution in [0.15, 0.2) is 24.3 Å². The van der Waals surface area contributed by atoms with E-state index >= 15 is 0 Å². The highest BCUT2D eigenvalue weighted by Crippen LogP contribution is 2.43. The Hall–Kier alpha value is -1.64. The molecule has 1 aromatic rings. The minimum absolute atomic E-state index is 0.0272.